The number of halogens is 2. The minimum Gasteiger partial charge on any atom is -0.316 e. The molecule has 0 spiro atoms. The first-order valence-electron chi connectivity index (χ1n) is 4.60. The van der Waals surface area contributed by atoms with E-state index in [1.54, 1.807) is 14.1 Å². The van der Waals surface area contributed by atoms with E-state index in [0.717, 1.165) is 12.1 Å². The maximum atomic E-state index is 12.9. The third kappa shape index (κ3) is 2.98. The number of hydrogen-bond donors (Lipinski definition) is 2. The van der Waals surface area contributed by atoms with Crippen molar-refractivity contribution in [3.8, 4) is 0 Å². The molecule has 1 amide bonds. The Morgan fingerprint density at radius 3 is 2.50 bits per heavy atom. The minimum atomic E-state index is -1.03. The maximum Gasteiger partial charge on any atom is 0.255 e. The van der Waals surface area contributed by atoms with E-state index in [4.69, 9.17) is 5.73 Å². The Morgan fingerprint density at radius 2 is 2.00 bits per heavy atom. The highest BCUT2D eigenvalue weighted by Gasteiger charge is 2.17. The fourth-order valence-corrected chi connectivity index (χ4v) is 1.15. The smallest absolute Gasteiger partial charge is 0.255 e. The number of carbonyl (C=O) groups excluding carboxylic acids is 1. The van der Waals surface area contributed by atoms with Crippen LogP contribution in [0, 0.1) is 11.6 Å². The normalized spacial score (nSPS) is 12.6. The van der Waals surface area contributed by atoms with Crippen molar-refractivity contribution >= 4 is 5.91 Å². The summed E-state index contributed by atoms with van der Waals surface area (Å²) in [7, 11) is 3.24. The van der Waals surface area contributed by atoms with Gasteiger partial charge < -0.3 is 5.73 Å². The van der Waals surface area contributed by atoms with Gasteiger partial charge in [-0.05, 0) is 17.7 Å². The van der Waals surface area contributed by atoms with Gasteiger partial charge in [-0.25, -0.2) is 13.8 Å². The average Bonchev–Trinajstić information content (AvgIpc) is 2.20. The lowest BCUT2D eigenvalue weighted by atomic mass is 10.1. The number of carbonyl (C=O) groups is 1. The number of hydrazine groups is 1. The molecule has 0 aliphatic heterocycles. The van der Waals surface area contributed by atoms with E-state index >= 15 is 0 Å². The predicted octanol–water partition coefficient (Wildman–Crippen LogP) is 0.557. The molecule has 1 rings (SSSR count). The summed E-state index contributed by atoms with van der Waals surface area (Å²) in [5, 5.41) is 1.42. The summed E-state index contributed by atoms with van der Waals surface area (Å²) in [6, 6.07) is 2.10. The van der Waals surface area contributed by atoms with E-state index in [9.17, 15) is 13.6 Å². The van der Waals surface area contributed by atoms with Crippen molar-refractivity contribution in [2.45, 2.75) is 6.04 Å². The van der Waals surface area contributed by atoms with Crippen molar-refractivity contribution in [1.82, 2.24) is 10.4 Å². The van der Waals surface area contributed by atoms with Crippen LogP contribution in [-0.2, 0) is 4.79 Å². The molecule has 1 aromatic carbocycles. The first-order valence-corrected chi connectivity index (χ1v) is 4.60. The minimum absolute atomic E-state index is 0.221. The third-order valence-electron chi connectivity index (χ3n) is 1.92. The quantitative estimate of drug-likeness (QED) is 0.744. The van der Waals surface area contributed by atoms with Gasteiger partial charge in [-0.3, -0.25) is 10.2 Å². The van der Waals surface area contributed by atoms with Crippen molar-refractivity contribution in [3.05, 3.63) is 35.4 Å². The number of benzene rings is 1. The molecule has 1 unspecified atom stereocenters. The summed E-state index contributed by atoms with van der Waals surface area (Å²) in [6.45, 7) is 0. The number of amides is 1. The fraction of sp³-hybridized carbons (Fsp3) is 0.300. The van der Waals surface area contributed by atoms with E-state index < -0.39 is 23.6 Å². The van der Waals surface area contributed by atoms with Gasteiger partial charge >= 0.3 is 0 Å². The summed E-state index contributed by atoms with van der Waals surface area (Å²) in [5.74, 6) is -2.48. The van der Waals surface area contributed by atoms with Crippen molar-refractivity contribution < 1.29 is 13.6 Å². The van der Waals surface area contributed by atoms with Gasteiger partial charge in [-0.2, -0.15) is 0 Å². The predicted molar refractivity (Wildman–Crippen MR) is 55.1 cm³/mol. The lowest BCUT2D eigenvalue weighted by Gasteiger charge is -2.16. The van der Waals surface area contributed by atoms with Crippen LogP contribution < -0.4 is 11.2 Å². The number of hydrogen-bond acceptors (Lipinski definition) is 3. The molecule has 4 nitrogen and oxygen atoms in total. The second-order valence-electron chi connectivity index (χ2n) is 3.52. The van der Waals surface area contributed by atoms with E-state index in [0.29, 0.717) is 0 Å². The molecule has 1 aromatic rings. The first kappa shape index (κ1) is 12.5. The van der Waals surface area contributed by atoms with E-state index in [-0.39, 0.29) is 5.56 Å². The molecule has 0 saturated heterocycles. The summed E-state index contributed by atoms with van der Waals surface area (Å²) in [5.41, 5.74) is 8.23. The lowest BCUT2D eigenvalue weighted by Crippen LogP contribution is -2.42. The van der Waals surface area contributed by atoms with E-state index in [1.165, 1.54) is 11.1 Å². The van der Waals surface area contributed by atoms with Crippen molar-refractivity contribution in [2.24, 2.45) is 5.73 Å². The Kier molecular flexibility index (Phi) is 3.92. The summed E-state index contributed by atoms with van der Waals surface area (Å²) in [6.07, 6.45) is 0. The van der Waals surface area contributed by atoms with Gasteiger partial charge in [-0.15, -0.1) is 0 Å². The number of nitrogens with one attached hydrogen (secondary N) is 1. The molecule has 3 N–H and O–H groups in total. The number of rotatable bonds is 3. The molecule has 0 bridgehead atoms. The van der Waals surface area contributed by atoms with Crippen molar-refractivity contribution in [3.63, 3.8) is 0 Å². The zero-order valence-corrected chi connectivity index (χ0v) is 9.00. The van der Waals surface area contributed by atoms with Crippen LogP contribution in [0.5, 0.6) is 0 Å². The molecule has 0 aliphatic carbocycles. The number of nitrogens with two attached hydrogens (primary N) is 1. The Morgan fingerprint density at radius 1 is 1.38 bits per heavy atom. The van der Waals surface area contributed by atoms with Crippen LogP contribution in [0.1, 0.15) is 11.6 Å². The second-order valence-corrected chi connectivity index (χ2v) is 3.52. The second kappa shape index (κ2) is 5.00. The van der Waals surface area contributed by atoms with Gasteiger partial charge in [0, 0.05) is 14.1 Å². The monoisotopic (exact) mass is 229 g/mol. The Labute approximate surface area is 92.0 Å². The first-order chi connectivity index (χ1) is 7.41. The van der Waals surface area contributed by atoms with Crippen LogP contribution in [-0.4, -0.2) is 25.0 Å². The lowest BCUT2D eigenvalue weighted by molar-refractivity contribution is -0.126. The molecule has 0 radical (unpaired) electrons. The zero-order valence-electron chi connectivity index (χ0n) is 9.00. The van der Waals surface area contributed by atoms with Gasteiger partial charge in [0.2, 0.25) is 0 Å². The average molecular weight is 229 g/mol. The van der Waals surface area contributed by atoms with Gasteiger partial charge in [0.05, 0.1) is 0 Å². The SMILES string of the molecule is CN(C)NC(=O)C(N)c1ccc(F)c(F)c1. The highest BCUT2D eigenvalue weighted by Crippen LogP contribution is 2.14. The molecule has 0 heterocycles. The largest absolute Gasteiger partial charge is 0.316 e. The fourth-order valence-electron chi connectivity index (χ4n) is 1.15. The molecule has 0 saturated carbocycles. The molecular weight excluding hydrogens is 216 g/mol. The summed E-state index contributed by atoms with van der Waals surface area (Å²) in [4.78, 5) is 11.5. The topological polar surface area (TPSA) is 58.4 Å². The molecule has 0 aliphatic rings. The van der Waals surface area contributed by atoms with Gasteiger partial charge in [0.25, 0.3) is 5.91 Å². The Hall–Kier alpha value is -1.53. The molecule has 0 fully saturated rings. The maximum absolute atomic E-state index is 12.9. The van der Waals surface area contributed by atoms with Gasteiger partial charge in [0.15, 0.2) is 11.6 Å². The zero-order chi connectivity index (χ0) is 12.3. The summed E-state index contributed by atoms with van der Waals surface area (Å²) < 4.78 is 25.5. The third-order valence-corrected chi connectivity index (χ3v) is 1.92. The van der Waals surface area contributed by atoms with Crippen molar-refractivity contribution in [1.29, 1.82) is 0 Å². The van der Waals surface area contributed by atoms with Gasteiger partial charge in [0.1, 0.15) is 6.04 Å². The Bertz CT molecular complexity index is 396. The van der Waals surface area contributed by atoms with Crippen LogP contribution >= 0.6 is 0 Å². The van der Waals surface area contributed by atoms with E-state index in [2.05, 4.69) is 5.43 Å². The molecule has 1 atom stereocenters. The molecule has 16 heavy (non-hydrogen) atoms. The highest BCUT2D eigenvalue weighted by molar-refractivity contribution is 5.82. The highest BCUT2D eigenvalue weighted by atomic mass is 19.2. The van der Waals surface area contributed by atoms with Crippen LogP contribution in [0.3, 0.4) is 0 Å². The number of nitrogens with zero attached hydrogens (tertiary/aromatic N) is 1. The van der Waals surface area contributed by atoms with Crippen LogP contribution in [0.4, 0.5) is 8.78 Å². The summed E-state index contributed by atoms with van der Waals surface area (Å²) >= 11 is 0. The van der Waals surface area contributed by atoms with Crippen LogP contribution in [0.2, 0.25) is 0 Å². The molecule has 6 heteroatoms. The van der Waals surface area contributed by atoms with Crippen LogP contribution in [0.15, 0.2) is 18.2 Å². The standard InChI is InChI=1S/C10H13F2N3O/c1-15(2)14-10(16)9(13)6-3-4-7(11)8(12)5-6/h3-5,9H,13H2,1-2H3,(H,14,16). The van der Waals surface area contributed by atoms with Gasteiger partial charge in [-0.1, -0.05) is 6.07 Å². The Balaban J connectivity index is 2.83. The molecule has 88 valence electrons. The van der Waals surface area contributed by atoms with Crippen LogP contribution in [0.25, 0.3) is 0 Å². The van der Waals surface area contributed by atoms with Crippen molar-refractivity contribution in [2.75, 3.05) is 14.1 Å². The van der Waals surface area contributed by atoms with E-state index in [1.807, 2.05) is 0 Å². The molecule has 0 aromatic heterocycles. The molecular formula is C10H13F2N3O.